The maximum absolute atomic E-state index is 13.7. The van der Waals surface area contributed by atoms with Crippen LogP contribution < -0.4 is 14.9 Å². The van der Waals surface area contributed by atoms with Gasteiger partial charge in [0.05, 0.1) is 33.4 Å². The summed E-state index contributed by atoms with van der Waals surface area (Å²) < 4.78 is 13.0. The van der Waals surface area contributed by atoms with Crippen molar-refractivity contribution in [2.75, 3.05) is 6.61 Å². The number of fused-ring (bicyclic) bond motifs is 1. The number of hydrogen-bond acceptors (Lipinski definition) is 8. The first-order valence-corrected chi connectivity index (χ1v) is 12.8. The van der Waals surface area contributed by atoms with Crippen molar-refractivity contribution >= 4 is 40.7 Å². The number of ether oxygens (including phenoxy) is 1. The second-order valence-corrected chi connectivity index (χ2v) is 9.81. The van der Waals surface area contributed by atoms with Gasteiger partial charge in [0.25, 0.3) is 11.2 Å². The molecule has 11 heteroatoms. The van der Waals surface area contributed by atoms with Crippen LogP contribution in [-0.2, 0) is 9.53 Å². The Morgan fingerprint density at radius 2 is 2.00 bits per heavy atom. The molecule has 0 saturated carbocycles. The van der Waals surface area contributed by atoms with Gasteiger partial charge in [-0.2, -0.15) is 0 Å². The van der Waals surface area contributed by atoms with Gasteiger partial charge < -0.3 is 9.15 Å². The first kappa shape index (κ1) is 25.4. The fraction of sp³-hybridized carbons (Fsp3) is 0.148. The molecule has 1 aliphatic rings. The van der Waals surface area contributed by atoms with Gasteiger partial charge in [-0.15, -0.1) is 0 Å². The van der Waals surface area contributed by atoms with E-state index in [4.69, 9.17) is 20.8 Å². The fourth-order valence-electron chi connectivity index (χ4n) is 4.24. The number of nitrogens with zero attached hydrogens (tertiary/aromatic N) is 3. The SMILES string of the molecule is CCOC(=O)C1=C(C)N=c2s/c(=C\c3ccc(-c4cccc([N+](=O)[O-])c4)o3)c(=O)n2[C@@H]1c1ccc(Cl)cc1. The van der Waals surface area contributed by atoms with Crippen LogP contribution in [0.2, 0.25) is 5.02 Å². The summed E-state index contributed by atoms with van der Waals surface area (Å²) in [6, 6.07) is 15.6. The Balaban J connectivity index is 1.61. The first-order chi connectivity index (χ1) is 18.3. The topological polar surface area (TPSA) is 117 Å². The number of benzene rings is 2. The molecule has 2 aromatic heterocycles. The first-order valence-electron chi connectivity index (χ1n) is 11.6. The van der Waals surface area contributed by atoms with Crippen LogP contribution in [0.4, 0.5) is 5.69 Å². The van der Waals surface area contributed by atoms with Crippen molar-refractivity contribution in [1.82, 2.24) is 4.57 Å². The molecule has 38 heavy (non-hydrogen) atoms. The predicted molar refractivity (Wildman–Crippen MR) is 143 cm³/mol. The van der Waals surface area contributed by atoms with E-state index in [1.54, 1.807) is 68.5 Å². The highest BCUT2D eigenvalue weighted by Crippen LogP contribution is 2.31. The molecule has 0 aliphatic carbocycles. The van der Waals surface area contributed by atoms with E-state index in [2.05, 4.69) is 4.99 Å². The van der Waals surface area contributed by atoms with E-state index in [1.807, 2.05) is 0 Å². The van der Waals surface area contributed by atoms with Crippen LogP contribution in [0.3, 0.4) is 0 Å². The smallest absolute Gasteiger partial charge is 0.338 e. The van der Waals surface area contributed by atoms with Gasteiger partial charge in [0, 0.05) is 28.8 Å². The number of aromatic nitrogens is 1. The quantitative estimate of drug-likeness (QED) is 0.197. The molecule has 3 heterocycles. The average Bonchev–Trinajstić information content (AvgIpc) is 3.48. The zero-order chi connectivity index (χ0) is 27.0. The Morgan fingerprint density at radius 3 is 2.71 bits per heavy atom. The van der Waals surface area contributed by atoms with Gasteiger partial charge in [-0.1, -0.05) is 47.2 Å². The summed E-state index contributed by atoms with van der Waals surface area (Å²) in [6.45, 7) is 3.61. The molecule has 0 unspecified atom stereocenters. The summed E-state index contributed by atoms with van der Waals surface area (Å²) in [4.78, 5) is 42.2. The summed E-state index contributed by atoms with van der Waals surface area (Å²) in [5.74, 6) is 0.268. The van der Waals surface area contributed by atoms with Gasteiger partial charge in [0.15, 0.2) is 4.80 Å². The Kier molecular flexibility index (Phi) is 6.83. The van der Waals surface area contributed by atoms with Crippen molar-refractivity contribution in [3.8, 4) is 11.3 Å². The van der Waals surface area contributed by atoms with Crippen LogP contribution in [0, 0.1) is 10.1 Å². The number of nitro groups is 1. The lowest BCUT2D eigenvalue weighted by Gasteiger charge is -2.24. The molecule has 9 nitrogen and oxygen atoms in total. The summed E-state index contributed by atoms with van der Waals surface area (Å²) in [5, 5.41) is 11.6. The van der Waals surface area contributed by atoms with E-state index in [0.717, 1.165) is 0 Å². The molecule has 2 aromatic carbocycles. The predicted octanol–water partition coefficient (Wildman–Crippen LogP) is 4.62. The maximum Gasteiger partial charge on any atom is 0.338 e. The Labute approximate surface area is 224 Å². The van der Waals surface area contributed by atoms with E-state index in [-0.39, 0.29) is 23.4 Å². The van der Waals surface area contributed by atoms with Crippen molar-refractivity contribution in [3.05, 3.63) is 118 Å². The lowest BCUT2D eigenvalue weighted by molar-refractivity contribution is -0.384. The summed E-state index contributed by atoms with van der Waals surface area (Å²) in [6.07, 6.45) is 1.59. The molecule has 0 bridgehead atoms. The molecule has 0 N–H and O–H groups in total. The number of non-ortho nitro benzene ring substituents is 1. The number of rotatable bonds is 6. The lowest BCUT2D eigenvalue weighted by atomic mass is 9.96. The van der Waals surface area contributed by atoms with Gasteiger partial charge in [0.2, 0.25) is 0 Å². The third kappa shape index (κ3) is 4.71. The van der Waals surface area contributed by atoms with Crippen LogP contribution >= 0.6 is 22.9 Å². The second kappa shape index (κ2) is 10.2. The van der Waals surface area contributed by atoms with E-state index in [0.29, 0.717) is 42.7 Å². The summed E-state index contributed by atoms with van der Waals surface area (Å²) in [5.41, 5.74) is 1.56. The minimum atomic E-state index is -0.748. The minimum Gasteiger partial charge on any atom is -0.463 e. The number of allylic oxidation sites excluding steroid dienone is 1. The average molecular weight is 550 g/mol. The molecule has 0 radical (unpaired) electrons. The fourth-order valence-corrected chi connectivity index (χ4v) is 5.39. The van der Waals surface area contributed by atoms with E-state index in [9.17, 15) is 19.7 Å². The highest BCUT2D eigenvalue weighted by Gasteiger charge is 2.33. The zero-order valence-corrected chi connectivity index (χ0v) is 21.8. The van der Waals surface area contributed by atoms with Crippen molar-refractivity contribution < 1.29 is 18.9 Å². The standard InChI is InChI=1S/C27H20ClN3O6S/c1-3-36-26(33)23-15(2)29-27-30(24(23)16-7-9-18(28)10-8-16)25(32)22(38-27)14-20-11-12-21(37-20)17-5-4-6-19(13-17)31(34)35/h4-14,24H,3H2,1-2H3/b22-14-/t24-/m1/s1. The number of hydrogen-bond donors (Lipinski definition) is 0. The van der Waals surface area contributed by atoms with Crippen LogP contribution in [0.15, 0.2) is 86.1 Å². The number of esters is 1. The van der Waals surface area contributed by atoms with Crippen LogP contribution in [0.1, 0.15) is 31.2 Å². The number of thiazole rings is 1. The summed E-state index contributed by atoms with van der Waals surface area (Å²) >= 11 is 7.25. The molecule has 4 aromatic rings. The van der Waals surface area contributed by atoms with Crippen LogP contribution in [0.5, 0.6) is 0 Å². The molecule has 0 amide bonds. The molecule has 192 valence electrons. The Bertz CT molecular complexity index is 1780. The maximum atomic E-state index is 13.7. The largest absolute Gasteiger partial charge is 0.463 e. The van der Waals surface area contributed by atoms with E-state index < -0.39 is 16.9 Å². The molecule has 0 saturated heterocycles. The monoisotopic (exact) mass is 549 g/mol. The number of carbonyl (C=O) groups excluding carboxylic acids is 1. The number of carbonyl (C=O) groups is 1. The highest BCUT2D eigenvalue weighted by molar-refractivity contribution is 7.07. The minimum absolute atomic E-state index is 0.0521. The molecular formula is C27H20ClN3O6S. The highest BCUT2D eigenvalue weighted by atomic mass is 35.5. The van der Waals surface area contributed by atoms with Crippen molar-refractivity contribution in [2.45, 2.75) is 19.9 Å². The molecule has 0 spiro atoms. The zero-order valence-electron chi connectivity index (χ0n) is 20.2. The van der Waals surface area contributed by atoms with Crippen molar-refractivity contribution in [1.29, 1.82) is 0 Å². The Morgan fingerprint density at radius 1 is 1.24 bits per heavy atom. The summed E-state index contributed by atoms with van der Waals surface area (Å²) in [7, 11) is 0. The lowest BCUT2D eigenvalue weighted by Crippen LogP contribution is -2.39. The number of halogens is 1. The normalized spacial score (nSPS) is 15.2. The van der Waals surface area contributed by atoms with Gasteiger partial charge in [0.1, 0.15) is 11.5 Å². The molecular weight excluding hydrogens is 530 g/mol. The van der Waals surface area contributed by atoms with E-state index >= 15 is 0 Å². The molecule has 1 aliphatic heterocycles. The number of furan rings is 1. The van der Waals surface area contributed by atoms with Gasteiger partial charge in [-0.05, 0) is 43.7 Å². The third-order valence-electron chi connectivity index (χ3n) is 5.94. The van der Waals surface area contributed by atoms with Gasteiger partial charge in [-0.3, -0.25) is 19.5 Å². The van der Waals surface area contributed by atoms with Gasteiger partial charge >= 0.3 is 5.97 Å². The second-order valence-electron chi connectivity index (χ2n) is 8.36. The number of nitro benzene ring substituents is 1. The van der Waals surface area contributed by atoms with Crippen LogP contribution in [-0.4, -0.2) is 22.1 Å². The van der Waals surface area contributed by atoms with Crippen LogP contribution in [0.25, 0.3) is 17.4 Å². The van der Waals surface area contributed by atoms with E-state index in [1.165, 1.54) is 28.0 Å². The molecule has 0 fully saturated rings. The third-order valence-corrected chi connectivity index (χ3v) is 7.18. The van der Waals surface area contributed by atoms with Gasteiger partial charge in [-0.25, -0.2) is 9.79 Å². The molecule has 5 rings (SSSR count). The van der Waals surface area contributed by atoms with Crippen molar-refractivity contribution in [3.63, 3.8) is 0 Å². The van der Waals surface area contributed by atoms with Crippen molar-refractivity contribution in [2.24, 2.45) is 4.99 Å². The Hall–Kier alpha value is -4.28. The molecule has 1 atom stereocenters.